The maximum atomic E-state index is 12.0. The maximum absolute atomic E-state index is 12.0. The summed E-state index contributed by atoms with van der Waals surface area (Å²) in [7, 11) is -3.94. The Hall–Kier alpha value is -0.276. The average molecular weight is 501 g/mol. The number of Topliss-reactive ketones (excluding diaryl/α,β-unsaturated/α-hetero) is 1. The molecule has 0 saturated carbocycles. The molecule has 0 amide bonds. The molecular formula is C27H56O4Si2. The zero-order valence-electron chi connectivity index (χ0n) is 24.5. The van der Waals surface area contributed by atoms with Crippen molar-refractivity contribution in [1.82, 2.24) is 0 Å². The Morgan fingerprint density at radius 3 is 1.64 bits per heavy atom. The van der Waals surface area contributed by atoms with Gasteiger partial charge in [-0.15, -0.1) is 0 Å². The lowest BCUT2D eigenvalue weighted by atomic mass is 9.89. The molecule has 0 radical (unpaired) electrons. The standard InChI is InChI=1S/C27H56O4Si2/c1-19(2)24(29)18-23(28)17-16-20(3)25(31-33(14,15)27(9,10)11)21(4)22(5)30-32(12,13)26(6,7)8/h16-17,19-23,25,28H,18H2,1-15H3/b17-16-/t20-,21-,22-,23-,25-/m0/s1. The second-order valence-electron chi connectivity index (χ2n) is 13.4. The molecular weight excluding hydrogens is 444 g/mol. The molecule has 5 atom stereocenters. The van der Waals surface area contributed by atoms with Gasteiger partial charge in [-0.1, -0.05) is 81.4 Å². The van der Waals surface area contributed by atoms with Crippen molar-refractivity contribution in [2.45, 2.75) is 137 Å². The lowest BCUT2D eigenvalue weighted by Crippen LogP contribution is -2.51. The first-order valence-electron chi connectivity index (χ1n) is 12.8. The van der Waals surface area contributed by atoms with Crippen LogP contribution >= 0.6 is 0 Å². The van der Waals surface area contributed by atoms with Gasteiger partial charge in [0.1, 0.15) is 5.78 Å². The van der Waals surface area contributed by atoms with E-state index in [1.807, 2.05) is 19.9 Å². The van der Waals surface area contributed by atoms with E-state index in [4.69, 9.17) is 8.85 Å². The summed E-state index contributed by atoms with van der Waals surface area (Å²) < 4.78 is 13.7. The van der Waals surface area contributed by atoms with E-state index in [0.29, 0.717) is 0 Å². The highest BCUT2D eigenvalue weighted by molar-refractivity contribution is 6.74. The van der Waals surface area contributed by atoms with Crippen LogP contribution in [0.15, 0.2) is 12.2 Å². The third-order valence-electron chi connectivity index (χ3n) is 7.99. The van der Waals surface area contributed by atoms with Crippen LogP contribution in [0.3, 0.4) is 0 Å². The largest absolute Gasteiger partial charge is 0.414 e. The Bertz CT molecular complexity index is 641. The summed E-state index contributed by atoms with van der Waals surface area (Å²) in [5.41, 5.74) is 0. The fourth-order valence-corrected chi connectivity index (χ4v) is 6.11. The molecule has 0 fully saturated rings. The van der Waals surface area contributed by atoms with Crippen LogP contribution in [0, 0.1) is 17.8 Å². The molecule has 0 bridgehead atoms. The number of rotatable bonds is 12. The summed E-state index contributed by atoms with van der Waals surface area (Å²) in [5, 5.41) is 10.6. The Kier molecular flexibility index (Phi) is 12.0. The van der Waals surface area contributed by atoms with Crippen LogP contribution in [0.2, 0.25) is 36.3 Å². The summed E-state index contributed by atoms with van der Waals surface area (Å²) in [6, 6.07) is 0. The van der Waals surface area contributed by atoms with Crippen molar-refractivity contribution in [3.63, 3.8) is 0 Å². The minimum absolute atomic E-state index is 0.0325. The molecule has 0 aromatic rings. The lowest BCUT2D eigenvalue weighted by molar-refractivity contribution is -0.123. The van der Waals surface area contributed by atoms with Crippen molar-refractivity contribution in [2.75, 3.05) is 0 Å². The lowest BCUT2D eigenvalue weighted by Gasteiger charge is -2.45. The first-order chi connectivity index (χ1) is 14.5. The Balaban J connectivity index is 5.81. The second kappa shape index (κ2) is 12.1. The van der Waals surface area contributed by atoms with Gasteiger partial charge in [0.15, 0.2) is 16.6 Å². The number of carbonyl (C=O) groups is 1. The molecule has 1 N–H and O–H groups in total. The van der Waals surface area contributed by atoms with E-state index < -0.39 is 22.7 Å². The van der Waals surface area contributed by atoms with Crippen molar-refractivity contribution >= 4 is 22.4 Å². The molecule has 0 aliphatic heterocycles. The van der Waals surface area contributed by atoms with Crippen LogP contribution in [0.4, 0.5) is 0 Å². The summed E-state index contributed by atoms with van der Waals surface area (Å²) in [6.45, 7) is 33.1. The van der Waals surface area contributed by atoms with Crippen LogP contribution in [-0.2, 0) is 13.6 Å². The fourth-order valence-electron chi connectivity index (χ4n) is 3.15. The Morgan fingerprint density at radius 1 is 0.818 bits per heavy atom. The van der Waals surface area contributed by atoms with Crippen LogP contribution in [0.5, 0.6) is 0 Å². The topological polar surface area (TPSA) is 55.8 Å². The van der Waals surface area contributed by atoms with Gasteiger partial charge in [0.2, 0.25) is 0 Å². The number of ketones is 1. The summed E-state index contributed by atoms with van der Waals surface area (Å²) in [4.78, 5) is 12.0. The highest BCUT2D eigenvalue weighted by atomic mass is 28.4. The average Bonchev–Trinajstić information content (AvgIpc) is 2.61. The first kappa shape index (κ1) is 32.7. The van der Waals surface area contributed by atoms with Gasteiger partial charge < -0.3 is 14.0 Å². The first-order valence-corrected chi connectivity index (χ1v) is 18.6. The zero-order valence-corrected chi connectivity index (χ0v) is 26.5. The van der Waals surface area contributed by atoms with Crippen molar-refractivity contribution in [1.29, 1.82) is 0 Å². The molecule has 4 nitrogen and oxygen atoms in total. The molecule has 0 aliphatic carbocycles. The molecule has 0 rings (SSSR count). The van der Waals surface area contributed by atoms with E-state index in [9.17, 15) is 9.90 Å². The van der Waals surface area contributed by atoms with Gasteiger partial charge in [-0.05, 0) is 49.1 Å². The van der Waals surface area contributed by atoms with E-state index in [-0.39, 0.29) is 52.2 Å². The molecule has 0 aromatic carbocycles. The summed E-state index contributed by atoms with van der Waals surface area (Å²) in [5.74, 6) is 0.290. The summed E-state index contributed by atoms with van der Waals surface area (Å²) >= 11 is 0. The van der Waals surface area contributed by atoms with Crippen molar-refractivity contribution in [3.8, 4) is 0 Å². The van der Waals surface area contributed by atoms with E-state index in [1.54, 1.807) is 6.08 Å². The van der Waals surface area contributed by atoms with Crippen LogP contribution in [0.1, 0.15) is 82.6 Å². The van der Waals surface area contributed by atoms with Crippen molar-refractivity contribution in [3.05, 3.63) is 12.2 Å². The van der Waals surface area contributed by atoms with Gasteiger partial charge in [0.25, 0.3) is 0 Å². The minimum atomic E-state index is -2.03. The van der Waals surface area contributed by atoms with E-state index >= 15 is 0 Å². The van der Waals surface area contributed by atoms with Gasteiger partial charge in [-0.2, -0.15) is 0 Å². The second-order valence-corrected chi connectivity index (χ2v) is 22.9. The molecule has 0 saturated heterocycles. The number of hydrogen-bond acceptors (Lipinski definition) is 4. The molecule has 0 aromatic heterocycles. The molecule has 33 heavy (non-hydrogen) atoms. The molecule has 0 aliphatic rings. The van der Waals surface area contributed by atoms with Gasteiger partial charge >= 0.3 is 0 Å². The molecule has 6 heteroatoms. The quantitative estimate of drug-likeness (QED) is 0.221. The van der Waals surface area contributed by atoms with Crippen molar-refractivity contribution in [2.24, 2.45) is 17.8 Å². The third kappa shape index (κ3) is 10.1. The molecule has 0 unspecified atom stereocenters. The van der Waals surface area contributed by atoms with Gasteiger partial charge in [-0.3, -0.25) is 4.79 Å². The molecule has 196 valence electrons. The number of aliphatic hydroxyl groups excluding tert-OH is 1. The predicted molar refractivity (Wildman–Crippen MR) is 148 cm³/mol. The fraction of sp³-hybridized carbons (Fsp3) is 0.889. The zero-order chi connectivity index (χ0) is 26.6. The van der Waals surface area contributed by atoms with Gasteiger partial charge in [-0.25, -0.2) is 0 Å². The van der Waals surface area contributed by atoms with Crippen LogP contribution in [0.25, 0.3) is 0 Å². The minimum Gasteiger partial charge on any atom is -0.414 e. The number of carbonyl (C=O) groups excluding carboxylic acids is 1. The number of aliphatic hydroxyl groups is 1. The van der Waals surface area contributed by atoms with Gasteiger partial charge in [0.05, 0.1) is 12.2 Å². The summed E-state index contributed by atoms with van der Waals surface area (Å²) in [6.07, 6.45) is 3.24. The third-order valence-corrected chi connectivity index (χ3v) is 17.0. The predicted octanol–water partition coefficient (Wildman–Crippen LogP) is 7.59. The maximum Gasteiger partial charge on any atom is 0.192 e. The van der Waals surface area contributed by atoms with Crippen molar-refractivity contribution < 1.29 is 18.8 Å². The van der Waals surface area contributed by atoms with E-state index in [2.05, 4.69) is 88.5 Å². The van der Waals surface area contributed by atoms with Gasteiger partial charge in [0, 0.05) is 24.4 Å². The SMILES string of the molecule is CC(C)C(=O)C[C@@H](O)/C=C\[C@H](C)[C@H](O[Si](C)(C)C(C)(C)C)[C@@H](C)[C@H](C)O[Si](C)(C)C(C)(C)C. The van der Waals surface area contributed by atoms with E-state index in [0.717, 1.165) is 0 Å². The normalized spacial score (nSPS) is 18.9. The Morgan fingerprint density at radius 2 is 1.24 bits per heavy atom. The smallest absolute Gasteiger partial charge is 0.192 e. The molecule has 0 spiro atoms. The van der Waals surface area contributed by atoms with Crippen LogP contribution < -0.4 is 0 Å². The highest BCUT2D eigenvalue weighted by Crippen LogP contribution is 2.42. The van der Waals surface area contributed by atoms with E-state index in [1.165, 1.54) is 0 Å². The van der Waals surface area contributed by atoms with Crippen LogP contribution in [-0.4, -0.2) is 45.8 Å². The molecule has 0 heterocycles. The monoisotopic (exact) mass is 500 g/mol. The number of hydrogen-bond donors (Lipinski definition) is 1. The Labute approximate surface area is 208 Å². The highest BCUT2D eigenvalue weighted by Gasteiger charge is 2.44.